The molecule has 184 valence electrons. The Morgan fingerprint density at radius 3 is 2.75 bits per heavy atom. The maximum atomic E-state index is 12.4. The normalized spacial score (nSPS) is 14.0. The van der Waals surface area contributed by atoms with Gasteiger partial charge in [0.15, 0.2) is 11.5 Å². The third kappa shape index (κ3) is 5.58. The van der Waals surface area contributed by atoms with E-state index in [0.29, 0.717) is 23.6 Å². The van der Waals surface area contributed by atoms with E-state index >= 15 is 0 Å². The molecule has 2 aromatic heterocycles. The lowest BCUT2D eigenvalue weighted by atomic mass is 10.1. The summed E-state index contributed by atoms with van der Waals surface area (Å²) in [5.74, 6) is 0.520. The average molecular weight is 483 g/mol. The van der Waals surface area contributed by atoms with Gasteiger partial charge in [-0.05, 0) is 81.2 Å². The van der Waals surface area contributed by atoms with Gasteiger partial charge in [-0.2, -0.15) is 10.2 Å². The van der Waals surface area contributed by atoms with Crippen molar-refractivity contribution in [2.75, 3.05) is 31.6 Å². The summed E-state index contributed by atoms with van der Waals surface area (Å²) in [7, 11) is 0. The first-order valence-corrected chi connectivity index (χ1v) is 12.3. The van der Waals surface area contributed by atoms with Crippen molar-refractivity contribution in [1.29, 1.82) is 0 Å². The summed E-state index contributed by atoms with van der Waals surface area (Å²) in [6.07, 6.45) is 8.47. The molecular formula is C27H30N8O. The Morgan fingerprint density at radius 2 is 1.94 bits per heavy atom. The van der Waals surface area contributed by atoms with E-state index in [2.05, 4.69) is 41.9 Å². The number of hydrazone groups is 1. The third-order valence-electron chi connectivity index (χ3n) is 6.30. The van der Waals surface area contributed by atoms with Crippen molar-refractivity contribution in [2.45, 2.75) is 26.2 Å². The van der Waals surface area contributed by atoms with E-state index in [-0.39, 0.29) is 5.91 Å². The number of nitrogens with one attached hydrogen (secondary N) is 2. The van der Waals surface area contributed by atoms with Gasteiger partial charge in [0.05, 0.1) is 23.5 Å². The minimum absolute atomic E-state index is 0.0490. The van der Waals surface area contributed by atoms with Crippen LogP contribution in [0.2, 0.25) is 0 Å². The maximum Gasteiger partial charge on any atom is 0.251 e. The van der Waals surface area contributed by atoms with Gasteiger partial charge in [-0.3, -0.25) is 10.2 Å². The number of anilines is 1. The summed E-state index contributed by atoms with van der Waals surface area (Å²) < 4.78 is 1.79. The van der Waals surface area contributed by atoms with Gasteiger partial charge < -0.3 is 10.2 Å². The predicted octanol–water partition coefficient (Wildman–Crippen LogP) is 3.79. The first-order valence-electron chi connectivity index (χ1n) is 12.3. The number of aromatic nitrogens is 4. The number of nitrogens with zero attached hydrogens (tertiary/aromatic N) is 6. The zero-order chi connectivity index (χ0) is 24.7. The SMILES string of the molecule is Cc1cccc(-n2ncc3c(N/N=C/c4ccc(C(=O)NCCCN5CCCC5)cc4)ncnc32)c1. The number of carbonyl (C=O) groups is 1. The molecule has 9 heteroatoms. The van der Waals surface area contributed by atoms with E-state index in [1.54, 1.807) is 17.1 Å². The predicted molar refractivity (Wildman–Crippen MR) is 142 cm³/mol. The van der Waals surface area contributed by atoms with Crippen LogP contribution in [0.15, 0.2) is 66.2 Å². The quantitative estimate of drug-likeness (QED) is 0.214. The molecule has 1 amide bonds. The molecule has 3 heterocycles. The average Bonchev–Trinajstić information content (AvgIpc) is 3.57. The maximum absolute atomic E-state index is 12.4. The van der Waals surface area contributed by atoms with Gasteiger partial charge in [-0.25, -0.2) is 14.6 Å². The molecule has 1 saturated heterocycles. The Bertz CT molecular complexity index is 1360. The van der Waals surface area contributed by atoms with Crippen LogP contribution in [-0.2, 0) is 0 Å². The van der Waals surface area contributed by atoms with E-state index in [1.165, 1.54) is 32.3 Å². The highest BCUT2D eigenvalue weighted by Gasteiger charge is 2.12. The summed E-state index contributed by atoms with van der Waals surface area (Å²) in [5.41, 5.74) is 7.28. The van der Waals surface area contributed by atoms with Gasteiger partial charge in [0.25, 0.3) is 5.91 Å². The number of hydrogen-bond donors (Lipinski definition) is 2. The molecule has 0 aliphatic carbocycles. The highest BCUT2D eigenvalue weighted by Crippen LogP contribution is 2.22. The van der Waals surface area contributed by atoms with Gasteiger partial charge in [0.1, 0.15) is 6.33 Å². The molecule has 4 aromatic rings. The van der Waals surface area contributed by atoms with Crippen molar-refractivity contribution in [3.8, 4) is 5.69 Å². The van der Waals surface area contributed by atoms with Crippen LogP contribution in [0.1, 0.15) is 40.7 Å². The molecule has 0 saturated carbocycles. The van der Waals surface area contributed by atoms with Crippen molar-refractivity contribution in [2.24, 2.45) is 5.10 Å². The number of carbonyl (C=O) groups excluding carboxylic acids is 1. The van der Waals surface area contributed by atoms with Crippen molar-refractivity contribution < 1.29 is 4.79 Å². The van der Waals surface area contributed by atoms with Crippen LogP contribution in [0.25, 0.3) is 16.7 Å². The highest BCUT2D eigenvalue weighted by atomic mass is 16.1. The number of amides is 1. The van der Waals surface area contributed by atoms with E-state index in [4.69, 9.17) is 0 Å². The van der Waals surface area contributed by atoms with E-state index in [1.807, 2.05) is 49.4 Å². The van der Waals surface area contributed by atoms with Crippen molar-refractivity contribution in [3.05, 3.63) is 77.7 Å². The Kier molecular flexibility index (Phi) is 7.28. The fraction of sp³-hybridized carbons (Fsp3) is 0.296. The molecule has 2 aromatic carbocycles. The van der Waals surface area contributed by atoms with Gasteiger partial charge in [-0.1, -0.05) is 24.3 Å². The monoisotopic (exact) mass is 482 g/mol. The number of benzene rings is 2. The zero-order valence-corrected chi connectivity index (χ0v) is 20.4. The number of rotatable bonds is 9. The third-order valence-corrected chi connectivity index (χ3v) is 6.30. The summed E-state index contributed by atoms with van der Waals surface area (Å²) >= 11 is 0. The van der Waals surface area contributed by atoms with Crippen LogP contribution in [0.5, 0.6) is 0 Å². The van der Waals surface area contributed by atoms with Crippen LogP contribution in [0.4, 0.5) is 5.82 Å². The molecule has 9 nitrogen and oxygen atoms in total. The topological polar surface area (TPSA) is 100 Å². The summed E-state index contributed by atoms with van der Waals surface area (Å²) in [5, 5.41) is 12.6. The van der Waals surface area contributed by atoms with Crippen LogP contribution in [-0.4, -0.2) is 62.9 Å². The van der Waals surface area contributed by atoms with E-state index in [0.717, 1.165) is 35.2 Å². The molecular weight excluding hydrogens is 452 g/mol. The van der Waals surface area contributed by atoms with Crippen LogP contribution in [0, 0.1) is 6.92 Å². The van der Waals surface area contributed by atoms with Gasteiger partial charge in [-0.15, -0.1) is 0 Å². The number of likely N-dealkylation sites (tertiary alicyclic amines) is 1. The summed E-state index contributed by atoms with van der Waals surface area (Å²) in [6.45, 7) is 6.15. The van der Waals surface area contributed by atoms with E-state index < -0.39 is 0 Å². The molecule has 2 N–H and O–H groups in total. The number of aryl methyl sites for hydroxylation is 1. The molecule has 0 atom stereocenters. The summed E-state index contributed by atoms with van der Waals surface area (Å²) in [6, 6.07) is 15.4. The fourth-order valence-electron chi connectivity index (χ4n) is 4.38. The number of fused-ring (bicyclic) bond motifs is 1. The van der Waals surface area contributed by atoms with Crippen LogP contribution >= 0.6 is 0 Å². The first-order chi connectivity index (χ1) is 17.7. The Labute approximate surface area is 210 Å². The van der Waals surface area contributed by atoms with Crippen LogP contribution in [0.3, 0.4) is 0 Å². The first kappa shape index (κ1) is 23.6. The van der Waals surface area contributed by atoms with Crippen molar-refractivity contribution in [1.82, 2.24) is 30.0 Å². The minimum atomic E-state index is -0.0490. The Balaban J connectivity index is 1.17. The Hall–Kier alpha value is -4.11. The second-order valence-electron chi connectivity index (χ2n) is 9.01. The van der Waals surface area contributed by atoms with Gasteiger partial charge in [0, 0.05) is 12.1 Å². The molecule has 1 aliphatic heterocycles. The van der Waals surface area contributed by atoms with Crippen molar-refractivity contribution >= 4 is 29.0 Å². The Morgan fingerprint density at radius 1 is 1.11 bits per heavy atom. The lowest BCUT2D eigenvalue weighted by molar-refractivity contribution is 0.0952. The second-order valence-corrected chi connectivity index (χ2v) is 9.01. The lowest BCUT2D eigenvalue weighted by Gasteiger charge is -2.14. The van der Waals surface area contributed by atoms with Gasteiger partial charge in [0.2, 0.25) is 0 Å². The molecule has 36 heavy (non-hydrogen) atoms. The van der Waals surface area contributed by atoms with Crippen molar-refractivity contribution in [3.63, 3.8) is 0 Å². The smallest absolute Gasteiger partial charge is 0.251 e. The van der Waals surface area contributed by atoms with E-state index in [9.17, 15) is 4.79 Å². The van der Waals surface area contributed by atoms with Gasteiger partial charge >= 0.3 is 0 Å². The fourth-order valence-corrected chi connectivity index (χ4v) is 4.38. The van der Waals surface area contributed by atoms with Crippen LogP contribution < -0.4 is 10.7 Å². The molecule has 0 radical (unpaired) electrons. The molecule has 0 bridgehead atoms. The number of hydrogen-bond acceptors (Lipinski definition) is 7. The molecule has 1 fully saturated rings. The molecule has 0 spiro atoms. The summed E-state index contributed by atoms with van der Waals surface area (Å²) in [4.78, 5) is 23.6. The standard InChI is InChI=1S/C27H30N8O/c1-20-6-4-7-23(16-20)35-26-24(18-32-35)25(29-19-30-26)33-31-17-21-8-10-22(11-9-21)27(36)28-12-5-15-34-13-2-3-14-34/h4,6-11,16-19H,2-3,5,12-15H2,1H3,(H,28,36)(H,29,30,33)/b31-17+. The molecule has 5 rings (SSSR count). The molecule has 1 aliphatic rings. The zero-order valence-electron chi connectivity index (χ0n) is 20.4. The molecule has 0 unspecified atom stereocenters. The lowest BCUT2D eigenvalue weighted by Crippen LogP contribution is -2.28. The highest BCUT2D eigenvalue weighted by molar-refractivity contribution is 5.95. The largest absolute Gasteiger partial charge is 0.352 e. The second kappa shape index (κ2) is 11.1. The minimum Gasteiger partial charge on any atom is -0.352 e.